The molecule has 1 rings (SSSR count). The Labute approximate surface area is 111 Å². The van der Waals surface area contributed by atoms with Gasteiger partial charge in [-0.2, -0.15) is 0 Å². The van der Waals surface area contributed by atoms with Crippen LogP contribution in [-0.4, -0.2) is 23.6 Å². The lowest BCUT2D eigenvalue weighted by atomic mass is 10.1. The van der Waals surface area contributed by atoms with E-state index in [2.05, 4.69) is 13.8 Å². The van der Waals surface area contributed by atoms with Gasteiger partial charge in [-0.05, 0) is 12.8 Å². The molecule has 102 valence electrons. The Hall–Kier alpha value is -1.14. The largest absolute Gasteiger partial charge is 0.388 e. The molecule has 1 heterocycles. The minimum atomic E-state index is -0.667. The van der Waals surface area contributed by atoms with Gasteiger partial charge in [-0.25, -0.2) is 0 Å². The average Bonchev–Trinajstić information content (AvgIpc) is 2.73. The van der Waals surface area contributed by atoms with Crippen LogP contribution in [0.25, 0.3) is 0 Å². The normalized spacial score (nSPS) is 14.3. The molecule has 0 saturated carbocycles. The smallest absolute Gasteiger partial charge is 0.304 e. The SMILES string of the molecule is CCC(C)CN(C)c1sc(C(C)O)cc1[N+](=O)[O-]. The first kappa shape index (κ1) is 14.9. The molecule has 1 N–H and O–H groups in total. The van der Waals surface area contributed by atoms with Crippen LogP contribution in [-0.2, 0) is 0 Å². The molecule has 0 aliphatic rings. The molecule has 18 heavy (non-hydrogen) atoms. The highest BCUT2D eigenvalue weighted by Gasteiger charge is 2.24. The maximum Gasteiger partial charge on any atom is 0.304 e. The van der Waals surface area contributed by atoms with Crippen molar-refractivity contribution >= 4 is 22.0 Å². The van der Waals surface area contributed by atoms with Crippen molar-refractivity contribution < 1.29 is 10.0 Å². The van der Waals surface area contributed by atoms with Crippen LogP contribution in [0.4, 0.5) is 10.7 Å². The van der Waals surface area contributed by atoms with Gasteiger partial charge in [-0.1, -0.05) is 20.3 Å². The van der Waals surface area contributed by atoms with E-state index >= 15 is 0 Å². The highest BCUT2D eigenvalue weighted by molar-refractivity contribution is 7.16. The Balaban J connectivity index is 3.02. The lowest BCUT2D eigenvalue weighted by Gasteiger charge is -2.20. The first-order valence-electron chi connectivity index (χ1n) is 6.04. The number of hydrogen-bond acceptors (Lipinski definition) is 5. The molecule has 0 aliphatic carbocycles. The number of aliphatic hydroxyl groups is 1. The summed E-state index contributed by atoms with van der Waals surface area (Å²) in [6.07, 6.45) is 0.367. The van der Waals surface area contributed by atoms with Gasteiger partial charge in [-0.15, -0.1) is 11.3 Å². The molecule has 0 fully saturated rings. The van der Waals surface area contributed by atoms with Crippen molar-refractivity contribution in [1.82, 2.24) is 0 Å². The molecule has 0 saturated heterocycles. The summed E-state index contributed by atoms with van der Waals surface area (Å²) in [6, 6.07) is 1.47. The lowest BCUT2D eigenvalue weighted by Crippen LogP contribution is -2.23. The summed E-state index contributed by atoms with van der Waals surface area (Å²) in [5, 5.41) is 21.2. The van der Waals surface area contributed by atoms with E-state index in [4.69, 9.17) is 0 Å². The number of aliphatic hydroxyl groups excluding tert-OH is 1. The lowest BCUT2D eigenvalue weighted by molar-refractivity contribution is -0.383. The van der Waals surface area contributed by atoms with Crippen molar-refractivity contribution in [3.8, 4) is 0 Å². The van der Waals surface area contributed by atoms with E-state index in [9.17, 15) is 15.2 Å². The third kappa shape index (κ3) is 3.43. The summed E-state index contributed by atoms with van der Waals surface area (Å²) in [4.78, 5) is 13.2. The van der Waals surface area contributed by atoms with Crippen LogP contribution in [0.3, 0.4) is 0 Å². The molecule has 0 spiro atoms. The number of rotatable bonds is 6. The molecule has 0 bridgehead atoms. The van der Waals surface area contributed by atoms with Gasteiger partial charge in [-0.3, -0.25) is 10.1 Å². The molecule has 1 aromatic rings. The maximum atomic E-state index is 11.0. The number of hydrogen-bond donors (Lipinski definition) is 1. The summed E-state index contributed by atoms with van der Waals surface area (Å²) in [7, 11) is 1.86. The Bertz CT molecular complexity index is 417. The fourth-order valence-corrected chi connectivity index (χ4v) is 2.71. The summed E-state index contributed by atoms with van der Waals surface area (Å²) in [5.74, 6) is 0.478. The maximum absolute atomic E-state index is 11.0. The number of nitrogens with zero attached hydrogens (tertiary/aromatic N) is 2. The van der Waals surface area contributed by atoms with Crippen LogP contribution in [0, 0.1) is 16.0 Å². The van der Waals surface area contributed by atoms with Crippen LogP contribution in [0.1, 0.15) is 38.2 Å². The van der Waals surface area contributed by atoms with E-state index in [1.54, 1.807) is 6.92 Å². The molecule has 5 nitrogen and oxygen atoms in total. The van der Waals surface area contributed by atoms with E-state index in [-0.39, 0.29) is 10.6 Å². The highest BCUT2D eigenvalue weighted by Crippen LogP contribution is 2.39. The zero-order valence-electron chi connectivity index (χ0n) is 11.2. The highest BCUT2D eigenvalue weighted by atomic mass is 32.1. The Kier molecular flexibility index (Phi) is 5.10. The zero-order chi connectivity index (χ0) is 13.9. The van der Waals surface area contributed by atoms with Gasteiger partial charge < -0.3 is 10.0 Å². The average molecular weight is 272 g/mol. The van der Waals surface area contributed by atoms with Gasteiger partial charge >= 0.3 is 5.69 Å². The monoisotopic (exact) mass is 272 g/mol. The molecule has 0 radical (unpaired) electrons. The van der Waals surface area contributed by atoms with Crippen molar-refractivity contribution in [3.63, 3.8) is 0 Å². The summed E-state index contributed by atoms with van der Waals surface area (Å²) < 4.78 is 0. The minimum Gasteiger partial charge on any atom is -0.388 e. The van der Waals surface area contributed by atoms with Crippen molar-refractivity contribution in [2.45, 2.75) is 33.3 Å². The fourth-order valence-electron chi connectivity index (χ4n) is 1.68. The summed E-state index contributed by atoms with van der Waals surface area (Å²) in [6.45, 7) is 6.61. The Morgan fingerprint density at radius 3 is 2.61 bits per heavy atom. The predicted molar refractivity (Wildman–Crippen MR) is 74.3 cm³/mol. The molecule has 1 aromatic heterocycles. The third-order valence-electron chi connectivity index (χ3n) is 2.95. The van der Waals surface area contributed by atoms with E-state index in [0.29, 0.717) is 15.8 Å². The van der Waals surface area contributed by atoms with E-state index in [1.807, 2.05) is 11.9 Å². The van der Waals surface area contributed by atoms with Crippen molar-refractivity contribution in [2.75, 3.05) is 18.5 Å². The summed E-state index contributed by atoms with van der Waals surface area (Å²) >= 11 is 1.29. The second-order valence-electron chi connectivity index (χ2n) is 4.67. The Morgan fingerprint density at radius 2 is 2.17 bits per heavy atom. The topological polar surface area (TPSA) is 66.6 Å². The zero-order valence-corrected chi connectivity index (χ0v) is 12.0. The molecule has 0 aromatic carbocycles. The van der Waals surface area contributed by atoms with Crippen LogP contribution in [0.15, 0.2) is 6.07 Å². The first-order valence-corrected chi connectivity index (χ1v) is 6.85. The molecule has 2 atom stereocenters. The van der Waals surface area contributed by atoms with Crippen LogP contribution in [0.5, 0.6) is 0 Å². The summed E-state index contributed by atoms with van der Waals surface area (Å²) in [5.41, 5.74) is 0.0849. The quantitative estimate of drug-likeness (QED) is 0.638. The second kappa shape index (κ2) is 6.15. The van der Waals surface area contributed by atoms with Gasteiger partial charge in [0.05, 0.1) is 11.0 Å². The minimum absolute atomic E-state index is 0.0849. The van der Waals surface area contributed by atoms with E-state index in [1.165, 1.54) is 17.4 Å². The van der Waals surface area contributed by atoms with Gasteiger partial charge in [0.1, 0.15) is 0 Å². The number of anilines is 1. The van der Waals surface area contributed by atoms with Gasteiger partial charge in [0, 0.05) is 24.5 Å². The molecule has 0 aliphatic heterocycles. The standard InChI is InChI=1S/C12H20N2O3S/c1-5-8(2)7-13(4)12-10(14(16)17)6-11(18-12)9(3)15/h6,8-9,15H,5,7H2,1-4H3. The van der Waals surface area contributed by atoms with E-state index in [0.717, 1.165) is 13.0 Å². The van der Waals surface area contributed by atoms with Crippen molar-refractivity contribution in [3.05, 3.63) is 21.1 Å². The van der Waals surface area contributed by atoms with Gasteiger partial charge in [0.15, 0.2) is 5.00 Å². The van der Waals surface area contributed by atoms with Gasteiger partial charge in [0.2, 0.25) is 0 Å². The molecular weight excluding hydrogens is 252 g/mol. The van der Waals surface area contributed by atoms with Crippen LogP contribution < -0.4 is 4.90 Å². The van der Waals surface area contributed by atoms with Crippen molar-refractivity contribution in [1.29, 1.82) is 0 Å². The fraction of sp³-hybridized carbons (Fsp3) is 0.667. The number of thiophene rings is 1. The van der Waals surface area contributed by atoms with E-state index < -0.39 is 6.10 Å². The van der Waals surface area contributed by atoms with Crippen LogP contribution >= 0.6 is 11.3 Å². The molecule has 2 unspecified atom stereocenters. The third-order valence-corrected chi connectivity index (χ3v) is 4.36. The number of nitro groups is 1. The predicted octanol–water partition coefficient (Wildman–Crippen LogP) is 3.19. The Morgan fingerprint density at radius 1 is 1.56 bits per heavy atom. The first-order chi connectivity index (χ1) is 8.36. The molecule has 0 amide bonds. The van der Waals surface area contributed by atoms with Crippen LogP contribution in [0.2, 0.25) is 0 Å². The van der Waals surface area contributed by atoms with Gasteiger partial charge in [0.25, 0.3) is 0 Å². The second-order valence-corrected chi connectivity index (χ2v) is 5.73. The molecular formula is C12H20N2O3S. The molecule has 6 heteroatoms. The van der Waals surface area contributed by atoms with Crippen molar-refractivity contribution in [2.24, 2.45) is 5.92 Å².